The first kappa shape index (κ1) is 19.8. The molecular weight excluding hydrogens is 402 g/mol. The van der Waals surface area contributed by atoms with Crippen LogP contribution < -0.4 is 4.74 Å². The van der Waals surface area contributed by atoms with Crippen LogP contribution in [0.3, 0.4) is 0 Å². The maximum Gasteiger partial charge on any atom is 0.336 e. The van der Waals surface area contributed by atoms with Crippen LogP contribution in [-0.2, 0) is 0 Å². The first-order valence-electron chi connectivity index (χ1n) is 10.4. The summed E-state index contributed by atoms with van der Waals surface area (Å²) >= 11 is 0. The highest BCUT2D eigenvalue weighted by molar-refractivity contribution is 6.07. The van der Waals surface area contributed by atoms with Gasteiger partial charge in [0.25, 0.3) is 0 Å². The summed E-state index contributed by atoms with van der Waals surface area (Å²) in [6, 6.07) is 22.8. The van der Waals surface area contributed by atoms with E-state index in [4.69, 9.17) is 9.72 Å². The van der Waals surface area contributed by atoms with Crippen molar-refractivity contribution in [1.29, 1.82) is 0 Å². The van der Waals surface area contributed by atoms with E-state index in [1.807, 2.05) is 86.8 Å². The second-order valence-corrected chi connectivity index (χ2v) is 7.73. The Morgan fingerprint density at radius 3 is 2.53 bits per heavy atom. The van der Waals surface area contributed by atoms with Crippen molar-refractivity contribution in [3.8, 4) is 17.1 Å². The Kier molecular flexibility index (Phi) is 4.82. The van der Waals surface area contributed by atoms with Gasteiger partial charge in [-0.15, -0.1) is 0 Å². The summed E-state index contributed by atoms with van der Waals surface area (Å²) in [7, 11) is 0. The lowest BCUT2D eigenvalue weighted by molar-refractivity contribution is 0.0698. The molecule has 5 aromatic rings. The van der Waals surface area contributed by atoms with Gasteiger partial charge in [0.15, 0.2) is 0 Å². The average Bonchev–Trinajstić information content (AvgIpc) is 3.25. The SMILES string of the molecule is Cc1ccc(OC(C)c2ccccc2)c2c(C(=O)O)cc(-c3cc4ccccn4n3)nc12. The summed E-state index contributed by atoms with van der Waals surface area (Å²) in [5.41, 5.74) is 4.64. The average molecular weight is 423 g/mol. The Labute approximate surface area is 184 Å². The van der Waals surface area contributed by atoms with Crippen LogP contribution in [0.1, 0.15) is 34.5 Å². The Balaban J connectivity index is 1.67. The fraction of sp³-hybridized carbons (Fsp3) is 0.115. The number of aryl methyl sites for hydroxylation is 1. The molecule has 0 saturated carbocycles. The minimum Gasteiger partial charge on any atom is -0.485 e. The Morgan fingerprint density at radius 1 is 1.00 bits per heavy atom. The number of hydrogen-bond donors (Lipinski definition) is 1. The van der Waals surface area contributed by atoms with Gasteiger partial charge in [-0.25, -0.2) is 14.3 Å². The molecule has 6 heteroatoms. The van der Waals surface area contributed by atoms with Crippen molar-refractivity contribution in [2.75, 3.05) is 0 Å². The van der Waals surface area contributed by atoms with Crippen molar-refractivity contribution in [3.05, 3.63) is 95.7 Å². The lowest BCUT2D eigenvalue weighted by Crippen LogP contribution is -2.07. The first-order valence-corrected chi connectivity index (χ1v) is 10.4. The second kappa shape index (κ2) is 7.81. The van der Waals surface area contributed by atoms with Crippen LogP contribution in [0.2, 0.25) is 0 Å². The van der Waals surface area contributed by atoms with Gasteiger partial charge in [-0.2, -0.15) is 5.10 Å². The number of benzene rings is 2. The van der Waals surface area contributed by atoms with Crippen molar-refractivity contribution in [2.45, 2.75) is 20.0 Å². The number of carboxylic acids is 1. The van der Waals surface area contributed by atoms with Crippen LogP contribution >= 0.6 is 0 Å². The minimum atomic E-state index is -1.04. The maximum absolute atomic E-state index is 12.3. The third-order valence-corrected chi connectivity index (χ3v) is 5.56. The highest BCUT2D eigenvalue weighted by Crippen LogP contribution is 2.35. The fourth-order valence-electron chi connectivity index (χ4n) is 3.89. The molecule has 1 atom stereocenters. The minimum absolute atomic E-state index is 0.140. The van der Waals surface area contributed by atoms with Crippen molar-refractivity contribution in [2.24, 2.45) is 0 Å². The van der Waals surface area contributed by atoms with E-state index in [1.54, 1.807) is 10.6 Å². The molecular formula is C26H21N3O3. The zero-order valence-corrected chi connectivity index (χ0v) is 17.7. The smallest absolute Gasteiger partial charge is 0.336 e. The molecule has 0 aliphatic heterocycles. The zero-order valence-electron chi connectivity index (χ0n) is 17.7. The van der Waals surface area contributed by atoms with Crippen LogP contribution in [0, 0.1) is 6.92 Å². The third kappa shape index (κ3) is 3.46. The van der Waals surface area contributed by atoms with E-state index in [9.17, 15) is 9.90 Å². The first-order chi connectivity index (χ1) is 15.5. The van der Waals surface area contributed by atoms with E-state index in [0.29, 0.717) is 28.0 Å². The van der Waals surface area contributed by atoms with Gasteiger partial charge in [0.2, 0.25) is 0 Å². The van der Waals surface area contributed by atoms with E-state index >= 15 is 0 Å². The number of hydrogen-bond acceptors (Lipinski definition) is 4. The monoisotopic (exact) mass is 423 g/mol. The molecule has 0 bridgehead atoms. The third-order valence-electron chi connectivity index (χ3n) is 5.56. The summed E-state index contributed by atoms with van der Waals surface area (Å²) in [5.74, 6) is -0.543. The molecule has 3 heterocycles. The van der Waals surface area contributed by atoms with E-state index in [0.717, 1.165) is 16.6 Å². The van der Waals surface area contributed by atoms with Crippen LogP contribution in [0.4, 0.5) is 0 Å². The second-order valence-electron chi connectivity index (χ2n) is 7.73. The maximum atomic E-state index is 12.3. The van der Waals surface area contributed by atoms with E-state index in [1.165, 1.54) is 0 Å². The highest BCUT2D eigenvalue weighted by atomic mass is 16.5. The van der Waals surface area contributed by atoms with Crippen LogP contribution in [-0.4, -0.2) is 25.7 Å². The summed E-state index contributed by atoms with van der Waals surface area (Å²) < 4.78 is 7.98. The number of rotatable bonds is 5. The molecule has 0 radical (unpaired) electrons. The molecule has 6 nitrogen and oxygen atoms in total. The topological polar surface area (TPSA) is 76.7 Å². The molecule has 0 fully saturated rings. The largest absolute Gasteiger partial charge is 0.485 e. The highest BCUT2D eigenvalue weighted by Gasteiger charge is 2.21. The van der Waals surface area contributed by atoms with Gasteiger partial charge in [0, 0.05) is 6.20 Å². The molecule has 0 spiro atoms. The number of carboxylic acid groups (broad SMARTS) is 1. The Bertz CT molecular complexity index is 1420. The van der Waals surface area contributed by atoms with Crippen LogP contribution in [0.5, 0.6) is 5.75 Å². The van der Waals surface area contributed by atoms with Gasteiger partial charge >= 0.3 is 5.97 Å². The van der Waals surface area contributed by atoms with Gasteiger partial charge in [-0.3, -0.25) is 0 Å². The molecule has 5 rings (SSSR count). The lowest BCUT2D eigenvalue weighted by Gasteiger charge is -2.18. The van der Waals surface area contributed by atoms with Gasteiger partial charge < -0.3 is 9.84 Å². The molecule has 3 aromatic heterocycles. The number of nitrogens with zero attached hydrogens (tertiary/aromatic N) is 3. The number of fused-ring (bicyclic) bond motifs is 2. The Hall–Kier alpha value is -4.19. The predicted molar refractivity (Wildman–Crippen MR) is 123 cm³/mol. The number of carbonyl (C=O) groups is 1. The molecule has 32 heavy (non-hydrogen) atoms. The van der Waals surface area contributed by atoms with Crippen LogP contribution in [0.25, 0.3) is 27.8 Å². The molecule has 158 valence electrons. The quantitative estimate of drug-likeness (QED) is 0.393. The lowest BCUT2D eigenvalue weighted by atomic mass is 10.0. The zero-order chi connectivity index (χ0) is 22.2. The molecule has 0 amide bonds. The molecule has 0 aliphatic carbocycles. The van der Waals surface area contributed by atoms with Crippen LogP contribution in [0.15, 0.2) is 79.0 Å². The van der Waals surface area contributed by atoms with E-state index < -0.39 is 5.97 Å². The number of pyridine rings is 2. The van der Waals surface area contributed by atoms with Gasteiger partial charge in [-0.1, -0.05) is 42.5 Å². The summed E-state index contributed by atoms with van der Waals surface area (Å²) in [6.45, 7) is 3.86. The summed E-state index contributed by atoms with van der Waals surface area (Å²) in [4.78, 5) is 17.1. The number of ether oxygens (including phenoxy) is 1. The van der Waals surface area contributed by atoms with Gasteiger partial charge in [0.1, 0.15) is 17.5 Å². The normalized spacial score (nSPS) is 12.2. The summed E-state index contributed by atoms with van der Waals surface area (Å²) in [6.07, 6.45) is 1.60. The number of aromatic carboxylic acids is 1. The molecule has 1 N–H and O–H groups in total. The standard InChI is InChI=1S/C26H21N3O3/c1-16-11-12-23(32-17(2)18-8-4-3-5-9-18)24-20(26(30)31)15-21(27-25(16)24)22-14-19-10-6-7-13-29(19)28-22/h3-15,17H,1-2H3,(H,30,31). The number of aromatic nitrogens is 3. The summed E-state index contributed by atoms with van der Waals surface area (Å²) in [5, 5.41) is 15.1. The fourth-order valence-corrected chi connectivity index (χ4v) is 3.89. The van der Waals surface area contributed by atoms with Crippen molar-refractivity contribution >= 4 is 22.4 Å². The van der Waals surface area contributed by atoms with E-state index in [-0.39, 0.29) is 11.7 Å². The molecule has 2 aromatic carbocycles. The Morgan fingerprint density at radius 2 is 1.78 bits per heavy atom. The molecule has 0 saturated heterocycles. The van der Waals surface area contributed by atoms with Crippen molar-refractivity contribution < 1.29 is 14.6 Å². The van der Waals surface area contributed by atoms with Crippen molar-refractivity contribution in [1.82, 2.24) is 14.6 Å². The van der Waals surface area contributed by atoms with Gasteiger partial charge in [-0.05, 0) is 55.3 Å². The van der Waals surface area contributed by atoms with Gasteiger partial charge in [0.05, 0.1) is 27.7 Å². The molecule has 1 unspecified atom stereocenters. The molecule has 0 aliphatic rings. The predicted octanol–water partition coefficient (Wildman–Crippen LogP) is 5.70. The van der Waals surface area contributed by atoms with Crippen molar-refractivity contribution in [3.63, 3.8) is 0 Å². The van der Waals surface area contributed by atoms with E-state index in [2.05, 4.69) is 5.10 Å².